The molecule has 0 aromatic heterocycles. The van der Waals surface area contributed by atoms with E-state index in [9.17, 15) is 0 Å². The summed E-state index contributed by atoms with van der Waals surface area (Å²) in [5, 5.41) is 3.63. The van der Waals surface area contributed by atoms with Crippen molar-refractivity contribution in [3.05, 3.63) is 0 Å². The normalized spacial score (nSPS) is 53.5. The van der Waals surface area contributed by atoms with E-state index in [1.54, 1.807) is 6.42 Å². The molecule has 13 heavy (non-hydrogen) atoms. The third-order valence-electron chi connectivity index (χ3n) is 4.41. The molecule has 0 amide bonds. The number of nitrogens with two attached hydrogens (primary N) is 1. The Labute approximate surface area is 80.3 Å². The van der Waals surface area contributed by atoms with Gasteiger partial charge in [-0.3, -0.25) is 0 Å². The van der Waals surface area contributed by atoms with Crippen molar-refractivity contribution >= 4 is 0 Å². The van der Waals surface area contributed by atoms with Crippen LogP contribution < -0.4 is 11.1 Å². The van der Waals surface area contributed by atoms with Gasteiger partial charge in [0.25, 0.3) is 0 Å². The van der Waals surface area contributed by atoms with Crippen molar-refractivity contribution in [1.29, 1.82) is 0 Å². The smallest absolute Gasteiger partial charge is 0.0136 e. The first-order valence-corrected chi connectivity index (χ1v) is 5.76. The molecule has 0 radical (unpaired) electrons. The van der Waals surface area contributed by atoms with Crippen LogP contribution in [0.15, 0.2) is 0 Å². The third kappa shape index (κ3) is 1.15. The first-order chi connectivity index (χ1) is 6.27. The third-order valence-corrected chi connectivity index (χ3v) is 4.41. The van der Waals surface area contributed by atoms with Gasteiger partial charge in [0.1, 0.15) is 0 Å². The highest BCUT2D eigenvalue weighted by molar-refractivity contribution is 5.16. The maximum absolute atomic E-state index is 5.74. The molecule has 3 aliphatic rings. The molecule has 0 aromatic carbocycles. The molecule has 0 saturated heterocycles. The Hall–Kier alpha value is -0.0800. The Bertz CT molecular complexity index is 198. The molecule has 0 heterocycles. The predicted octanol–water partition coefficient (Wildman–Crippen LogP) is 0.968. The summed E-state index contributed by atoms with van der Waals surface area (Å²) < 4.78 is 0. The summed E-state index contributed by atoms with van der Waals surface area (Å²) in [6.07, 6.45) is 4.58. The van der Waals surface area contributed by atoms with Crippen LogP contribution in [-0.2, 0) is 0 Å². The zero-order chi connectivity index (χ0) is 9.00. The lowest BCUT2D eigenvalue weighted by atomic mass is 10.0. The largest absolute Gasteiger partial charge is 0.327 e. The zero-order valence-corrected chi connectivity index (χ0v) is 8.37. The van der Waals surface area contributed by atoms with Gasteiger partial charge in [-0.15, -0.1) is 0 Å². The molecule has 3 rings (SSSR count). The fourth-order valence-corrected chi connectivity index (χ4v) is 3.92. The topological polar surface area (TPSA) is 38.0 Å². The monoisotopic (exact) mass is 180 g/mol. The zero-order valence-electron chi connectivity index (χ0n) is 8.37. The van der Waals surface area contributed by atoms with Gasteiger partial charge in [-0.2, -0.15) is 0 Å². The van der Waals surface area contributed by atoms with Gasteiger partial charge in [-0.05, 0) is 49.9 Å². The molecular formula is C11H20N2. The first-order valence-electron chi connectivity index (χ1n) is 5.76. The minimum atomic E-state index is 0.318. The van der Waals surface area contributed by atoms with E-state index in [0.29, 0.717) is 6.04 Å². The summed E-state index contributed by atoms with van der Waals surface area (Å²) >= 11 is 0. The summed E-state index contributed by atoms with van der Waals surface area (Å²) in [5.74, 6) is 4.27. The highest BCUT2D eigenvalue weighted by Crippen LogP contribution is 2.65. The van der Waals surface area contributed by atoms with Crippen LogP contribution in [0.1, 0.15) is 26.2 Å². The minimum absolute atomic E-state index is 0.318. The minimum Gasteiger partial charge on any atom is -0.327 e. The highest BCUT2D eigenvalue weighted by atomic mass is 15.0. The molecule has 2 nitrogen and oxygen atoms in total. The van der Waals surface area contributed by atoms with Gasteiger partial charge in [-0.1, -0.05) is 0 Å². The summed E-state index contributed by atoms with van der Waals surface area (Å²) in [7, 11) is 0. The Balaban J connectivity index is 1.55. The van der Waals surface area contributed by atoms with E-state index in [1.165, 1.54) is 12.8 Å². The Morgan fingerprint density at radius 1 is 1.31 bits per heavy atom. The molecule has 0 aromatic rings. The molecule has 2 heteroatoms. The van der Waals surface area contributed by atoms with Crippen LogP contribution in [0.25, 0.3) is 0 Å². The maximum atomic E-state index is 5.74. The number of hydrogen-bond acceptors (Lipinski definition) is 2. The molecule has 2 bridgehead atoms. The highest BCUT2D eigenvalue weighted by Gasteiger charge is 2.64. The molecular weight excluding hydrogens is 160 g/mol. The van der Waals surface area contributed by atoms with Crippen LogP contribution in [0.3, 0.4) is 0 Å². The summed E-state index contributed by atoms with van der Waals surface area (Å²) in [6, 6.07) is 1.18. The predicted molar refractivity (Wildman–Crippen MR) is 53.3 cm³/mol. The molecule has 74 valence electrons. The van der Waals surface area contributed by atoms with E-state index in [-0.39, 0.29) is 0 Å². The number of rotatable bonds is 3. The van der Waals surface area contributed by atoms with Crippen LogP contribution in [0.2, 0.25) is 0 Å². The molecule has 5 unspecified atom stereocenters. The van der Waals surface area contributed by atoms with Gasteiger partial charge in [0.05, 0.1) is 0 Å². The quantitative estimate of drug-likeness (QED) is 0.679. The van der Waals surface area contributed by atoms with Crippen molar-refractivity contribution in [2.45, 2.75) is 38.3 Å². The van der Waals surface area contributed by atoms with Crippen LogP contribution in [-0.4, -0.2) is 18.6 Å². The Morgan fingerprint density at radius 2 is 1.92 bits per heavy atom. The summed E-state index contributed by atoms with van der Waals surface area (Å²) in [6.45, 7) is 3.09. The fraction of sp³-hybridized carbons (Fsp3) is 1.00. The molecule has 5 atom stereocenters. The number of nitrogens with one attached hydrogen (secondary N) is 1. The lowest BCUT2D eigenvalue weighted by molar-refractivity contribution is 0.453. The summed E-state index contributed by atoms with van der Waals surface area (Å²) in [4.78, 5) is 0. The second-order valence-electron chi connectivity index (χ2n) is 5.40. The van der Waals surface area contributed by atoms with Gasteiger partial charge in [0.15, 0.2) is 0 Å². The van der Waals surface area contributed by atoms with Gasteiger partial charge >= 0.3 is 0 Å². The van der Waals surface area contributed by atoms with Crippen LogP contribution in [0.4, 0.5) is 0 Å². The SMILES string of the molecule is CC(N)CNC1C2C3CCC(C3)C12. The lowest BCUT2D eigenvalue weighted by Gasteiger charge is -2.11. The molecule has 0 spiro atoms. The van der Waals surface area contributed by atoms with Crippen molar-refractivity contribution in [2.24, 2.45) is 29.4 Å². The molecule has 3 saturated carbocycles. The van der Waals surface area contributed by atoms with E-state index < -0.39 is 0 Å². The van der Waals surface area contributed by atoms with Gasteiger partial charge < -0.3 is 11.1 Å². The molecule has 3 N–H and O–H groups in total. The van der Waals surface area contributed by atoms with Crippen LogP contribution in [0, 0.1) is 23.7 Å². The van der Waals surface area contributed by atoms with Crippen molar-refractivity contribution in [3.8, 4) is 0 Å². The molecule has 3 fully saturated rings. The molecule has 0 aliphatic heterocycles. The van der Waals surface area contributed by atoms with E-state index in [2.05, 4.69) is 12.2 Å². The standard InChI is InChI=1S/C11H20N2/c1-6(12)5-13-11-9-7-2-3-8(4-7)10(9)11/h6-11,13H,2-5,12H2,1H3. The van der Waals surface area contributed by atoms with E-state index in [0.717, 1.165) is 36.3 Å². The Morgan fingerprint density at radius 3 is 2.46 bits per heavy atom. The number of fused-ring (bicyclic) bond motifs is 5. The second kappa shape index (κ2) is 2.71. The van der Waals surface area contributed by atoms with Crippen molar-refractivity contribution in [1.82, 2.24) is 5.32 Å². The average Bonchev–Trinajstić information content (AvgIpc) is 2.51. The van der Waals surface area contributed by atoms with Gasteiger partial charge in [0.2, 0.25) is 0 Å². The molecule has 3 aliphatic carbocycles. The second-order valence-corrected chi connectivity index (χ2v) is 5.40. The Kier molecular flexibility index (Phi) is 1.72. The van der Waals surface area contributed by atoms with E-state index in [1.807, 2.05) is 0 Å². The van der Waals surface area contributed by atoms with Crippen molar-refractivity contribution in [2.75, 3.05) is 6.54 Å². The van der Waals surface area contributed by atoms with Gasteiger partial charge in [-0.25, -0.2) is 0 Å². The number of hydrogen-bond donors (Lipinski definition) is 2. The van der Waals surface area contributed by atoms with Crippen molar-refractivity contribution in [3.63, 3.8) is 0 Å². The van der Waals surface area contributed by atoms with E-state index >= 15 is 0 Å². The van der Waals surface area contributed by atoms with Crippen LogP contribution in [0.5, 0.6) is 0 Å². The lowest BCUT2D eigenvalue weighted by Crippen LogP contribution is -2.34. The maximum Gasteiger partial charge on any atom is 0.0136 e. The van der Waals surface area contributed by atoms with Crippen molar-refractivity contribution < 1.29 is 0 Å². The average molecular weight is 180 g/mol. The first kappa shape index (κ1) is 8.25. The van der Waals surface area contributed by atoms with Gasteiger partial charge in [0, 0.05) is 18.6 Å². The summed E-state index contributed by atoms with van der Waals surface area (Å²) in [5.41, 5.74) is 5.74. The van der Waals surface area contributed by atoms with Crippen LogP contribution >= 0.6 is 0 Å². The van der Waals surface area contributed by atoms with E-state index in [4.69, 9.17) is 5.73 Å². The fourth-order valence-electron chi connectivity index (χ4n) is 3.92.